The standard InChI is InChI=1S/C11H12F3NO3/c1-17-7-4-2-3-6-8(7)18-5-10(16,9(6)15)11(12,13)14/h2-4,9,16H,5,15H2,1H3. The average Bonchev–Trinajstić information content (AvgIpc) is 2.32. The van der Waals surface area contributed by atoms with Gasteiger partial charge in [-0.05, 0) is 6.07 Å². The van der Waals surface area contributed by atoms with Crippen LogP contribution >= 0.6 is 0 Å². The van der Waals surface area contributed by atoms with E-state index in [-0.39, 0.29) is 17.1 Å². The molecule has 0 fully saturated rings. The molecule has 100 valence electrons. The van der Waals surface area contributed by atoms with Gasteiger partial charge in [0.05, 0.1) is 13.2 Å². The minimum absolute atomic E-state index is 0.0698. The molecule has 0 aromatic heterocycles. The van der Waals surface area contributed by atoms with Gasteiger partial charge in [0.2, 0.25) is 5.60 Å². The summed E-state index contributed by atoms with van der Waals surface area (Å²) in [6.45, 7) is -0.953. The van der Waals surface area contributed by atoms with Crippen molar-refractivity contribution in [3.8, 4) is 11.5 Å². The Kier molecular flexibility index (Phi) is 2.90. The number of alkyl halides is 3. The van der Waals surface area contributed by atoms with E-state index in [1.54, 1.807) is 6.07 Å². The maximum absolute atomic E-state index is 12.8. The van der Waals surface area contributed by atoms with Gasteiger partial charge >= 0.3 is 6.18 Å². The summed E-state index contributed by atoms with van der Waals surface area (Å²) < 4.78 is 48.4. The molecule has 3 N–H and O–H groups in total. The minimum Gasteiger partial charge on any atom is -0.493 e. The van der Waals surface area contributed by atoms with Crippen LogP contribution in [0.3, 0.4) is 0 Å². The van der Waals surface area contributed by atoms with Gasteiger partial charge in [0.15, 0.2) is 11.5 Å². The van der Waals surface area contributed by atoms with Gasteiger partial charge in [0, 0.05) is 5.56 Å². The van der Waals surface area contributed by atoms with Crippen molar-refractivity contribution in [3.05, 3.63) is 23.8 Å². The molecule has 1 aliphatic rings. The number of para-hydroxylation sites is 1. The minimum atomic E-state index is -4.87. The highest BCUT2D eigenvalue weighted by atomic mass is 19.4. The molecule has 0 radical (unpaired) electrons. The summed E-state index contributed by atoms with van der Waals surface area (Å²) in [6.07, 6.45) is -4.87. The lowest BCUT2D eigenvalue weighted by molar-refractivity contribution is -0.280. The second kappa shape index (κ2) is 4.03. The number of benzene rings is 1. The summed E-state index contributed by atoms with van der Waals surface area (Å²) in [6, 6.07) is 2.79. The van der Waals surface area contributed by atoms with Crippen LogP contribution in [-0.2, 0) is 0 Å². The second-order valence-corrected chi connectivity index (χ2v) is 4.07. The Morgan fingerprint density at radius 3 is 2.72 bits per heavy atom. The Balaban J connectivity index is 2.50. The maximum Gasteiger partial charge on any atom is 0.422 e. The number of hydrogen-bond donors (Lipinski definition) is 2. The first kappa shape index (κ1) is 13.0. The SMILES string of the molecule is COc1cccc2c1OCC(O)(C(F)(F)F)C2N. The summed E-state index contributed by atoms with van der Waals surface area (Å²) in [5.41, 5.74) is 2.51. The van der Waals surface area contributed by atoms with E-state index in [1.807, 2.05) is 0 Å². The second-order valence-electron chi connectivity index (χ2n) is 4.07. The van der Waals surface area contributed by atoms with Gasteiger partial charge < -0.3 is 20.3 Å². The molecule has 1 heterocycles. The van der Waals surface area contributed by atoms with Gasteiger partial charge in [-0.1, -0.05) is 12.1 Å². The summed E-state index contributed by atoms with van der Waals surface area (Å²) in [4.78, 5) is 0. The van der Waals surface area contributed by atoms with Crippen LogP contribution in [0, 0.1) is 0 Å². The van der Waals surface area contributed by atoms with Crippen molar-refractivity contribution < 1.29 is 27.8 Å². The lowest BCUT2D eigenvalue weighted by atomic mass is 9.86. The van der Waals surface area contributed by atoms with Crippen LogP contribution in [0.25, 0.3) is 0 Å². The Labute approximate surface area is 101 Å². The third-order valence-corrected chi connectivity index (χ3v) is 3.01. The molecule has 1 aromatic carbocycles. The molecule has 0 bridgehead atoms. The predicted molar refractivity (Wildman–Crippen MR) is 56.4 cm³/mol. The third-order valence-electron chi connectivity index (χ3n) is 3.01. The molecule has 18 heavy (non-hydrogen) atoms. The summed E-state index contributed by atoms with van der Waals surface area (Å²) in [5.74, 6) is 0.425. The molecule has 7 heteroatoms. The first-order chi connectivity index (χ1) is 8.31. The highest BCUT2D eigenvalue weighted by Crippen LogP contribution is 2.47. The number of ether oxygens (including phenoxy) is 2. The summed E-state index contributed by atoms with van der Waals surface area (Å²) >= 11 is 0. The topological polar surface area (TPSA) is 64.7 Å². The monoisotopic (exact) mass is 263 g/mol. The van der Waals surface area contributed by atoms with Crippen LogP contribution in [0.5, 0.6) is 11.5 Å². The van der Waals surface area contributed by atoms with E-state index in [1.165, 1.54) is 19.2 Å². The zero-order valence-electron chi connectivity index (χ0n) is 9.49. The number of aliphatic hydroxyl groups is 1. The number of hydrogen-bond acceptors (Lipinski definition) is 4. The molecule has 1 aromatic rings. The fourth-order valence-electron chi connectivity index (χ4n) is 1.88. The van der Waals surface area contributed by atoms with E-state index in [2.05, 4.69) is 0 Å². The van der Waals surface area contributed by atoms with Crippen LogP contribution < -0.4 is 15.2 Å². The third kappa shape index (κ3) is 1.70. The van der Waals surface area contributed by atoms with Crippen molar-refractivity contribution in [3.63, 3.8) is 0 Å². The molecule has 0 spiro atoms. The van der Waals surface area contributed by atoms with Crippen molar-refractivity contribution in [2.75, 3.05) is 13.7 Å². The number of nitrogens with two attached hydrogens (primary N) is 1. The molecule has 2 unspecified atom stereocenters. The Hall–Kier alpha value is -1.47. The van der Waals surface area contributed by atoms with Crippen molar-refractivity contribution >= 4 is 0 Å². The van der Waals surface area contributed by atoms with Crippen molar-refractivity contribution in [2.24, 2.45) is 5.73 Å². The molecule has 0 saturated heterocycles. The van der Waals surface area contributed by atoms with Gasteiger partial charge in [-0.15, -0.1) is 0 Å². The highest BCUT2D eigenvalue weighted by Gasteiger charge is 2.61. The lowest BCUT2D eigenvalue weighted by Gasteiger charge is -2.39. The molecular formula is C11H12F3NO3. The van der Waals surface area contributed by atoms with Gasteiger partial charge in [0.25, 0.3) is 0 Å². The van der Waals surface area contributed by atoms with Gasteiger partial charge in [-0.25, -0.2) is 0 Å². The van der Waals surface area contributed by atoms with Crippen molar-refractivity contribution in [1.29, 1.82) is 0 Å². The van der Waals surface area contributed by atoms with Crippen LogP contribution in [0.4, 0.5) is 13.2 Å². The summed E-state index contributed by atoms with van der Waals surface area (Å²) in [5, 5.41) is 9.67. The molecule has 0 aliphatic carbocycles. The molecular weight excluding hydrogens is 251 g/mol. The largest absolute Gasteiger partial charge is 0.493 e. The number of rotatable bonds is 1. The lowest BCUT2D eigenvalue weighted by Crippen LogP contribution is -2.59. The van der Waals surface area contributed by atoms with E-state index in [0.29, 0.717) is 0 Å². The number of methoxy groups -OCH3 is 1. The molecule has 0 amide bonds. The maximum atomic E-state index is 12.8. The Bertz CT molecular complexity index is 463. The van der Waals surface area contributed by atoms with E-state index in [0.717, 1.165) is 0 Å². The van der Waals surface area contributed by atoms with Crippen LogP contribution in [0.2, 0.25) is 0 Å². The van der Waals surface area contributed by atoms with Crippen LogP contribution in [-0.4, -0.2) is 30.6 Å². The normalized spacial score (nSPS) is 27.3. The fourth-order valence-corrected chi connectivity index (χ4v) is 1.88. The number of halogens is 3. The molecule has 2 rings (SSSR count). The fraction of sp³-hybridized carbons (Fsp3) is 0.455. The molecule has 0 saturated carbocycles. The van der Waals surface area contributed by atoms with Crippen molar-refractivity contribution in [2.45, 2.75) is 17.8 Å². The van der Waals surface area contributed by atoms with E-state index in [4.69, 9.17) is 15.2 Å². The first-order valence-electron chi connectivity index (χ1n) is 5.15. The summed E-state index contributed by atoms with van der Waals surface area (Å²) in [7, 11) is 1.37. The van der Waals surface area contributed by atoms with Gasteiger partial charge in [-0.2, -0.15) is 13.2 Å². The van der Waals surface area contributed by atoms with Gasteiger partial charge in [0.1, 0.15) is 6.61 Å². The zero-order chi connectivity index (χ0) is 13.6. The van der Waals surface area contributed by atoms with E-state index in [9.17, 15) is 18.3 Å². The predicted octanol–water partition coefficient (Wildman–Crippen LogP) is 1.38. The first-order valence-corrected chi connectivity index (χ1v) is 5.15. The average molecular weight is 263 g/mol. The molecule has 2 atom stereocenters. The quantitative estimate of drug-likeness (QED) is 0.803. The molecule has 1 aliphatic heterocycles. The van der Waals surface area contributed by atoms with Crippen molar-refractivity contribution in [1.82, 2.24) is 0 Å². The van der Waals surface area contributed by atoms with Gasteiger partial charge in [-0.3, -0.25) is 0 Å². The zero-order valence-corrected chi connectivity index (χ0v) is 9.49. The number of fused-ring (bicyclic) bond motifs is 1. The van der Waals surface area contributed by atoms with Crippen LogP contribution in [0.1, 0.15) is 11.6 Å². The molecule has 4 nitrogen and oxygen atoms in total. The van der Waals surface area contributed by atoms with E-state index < -0.39 is 24.4 Å². The van der Waals surface area contributed by atoms with E-state index >= 15 is 0 Å². The van der Waals surface area contributed by atoms with Crippen LogP contribution in [0.15, 0.2) is 18.2 Å². The Morgan fingerprint density at radius 2 is 2.17 bits per heavy atom. The smallest absolute Gasteiger partial charge is 0.422 e. The Morgan fingerprint density at radius 1 is 1.50 bits per heavy atom. The highest BCUT2D eigenvalue weighted by molar-refractivity contribution is 5.50.